The predicted molar refractivity (Wildman–Crippen MR) is 100 cm³/mol. The lowest BCUT2D eigenvalue weighted by Gasteiger charge is -2.34. The summed E-state index contributed by atoms with van der Waals surface area (Å²) in [6.45, 7) is 4.19. The van der Waals surface area contributed by atoms with Gasteiger partial charge in [-0.25, -0.2) is 14.4 Å². The van der Waals surface area contributed by atoms with E-state index in [1.165, 1.54) is 13.2 Å². The van der Waals surface area contributed by atoms with Crippen LogP contribution in [0.25, 0.3) is 11.3 Å². The molecule has 4 rings (SSSR count). The van der Waals surface area contributed by atoms with E-state index in [0.717, 1.165) is 37.7 Å². The van der Waals surface area contributed by atoms with Crippen LogP contribution in [0.4, 0.5) is 10.3 Å². The summed E-state index contributed by atoms with van der Waals surface area (Å²) in [6.07, 6.45) is 5.29. The van der Waals surface area contributed by atoms with E-state index in [4.69, 9.17) is 4.74 Å². The Hall–Kier alpha value is -3.00. The summed E-state index contributed by atoms with van der Waals surface area (Å²) in [5.74, 6) is 0.934. The van der Waals surface area contributed by atoms with Gasteiger partial charge in [0.1, 0.15) is 11.6 Å². The van der Waals surface area contributed by atoms with E-state index in [0.29, 0.717) is 23.6 Å². The Morgan fingerprint density at radius 3 is 2.63 bits per heavy atom. The van der Waals surface area contributed by atoms with Crippen LogP contribution in [0.15, 0.2) is 42.9 Å². The molecule has 8 heteroatoms. The molecule has 27 heavy (non-hydrogen) atoms. The van der Waals surface area contributed by atoms with Crippen molar-refractivity contribution in [3.63, 3.8) is 0 Å². The standard InChI is InChI=1S/C19H21FN6O/c1-27-15-3-4-16(17(20)11-15)18-14(12-23-24-18)13-25-7-9-26(10-8-25)19-21-5-2-6-22-19/h2-6,11-12H,7-10,13H2,1H3,(H,23,24). The number of halogens is 1. The zero-order chi connectivity index (χ0) is 18.6. The summed E-state index contributed by atoms with van der Waals surface area (Å²) in [5, 5.41) is 7.07. The summed E-state index contributed by atoms with van der Waals surface area (Å²) >= 11 is 0. The van der Waals surface area contributed by atoms with Crippen LogP contribution >= 0.6 is 0 Å². The summed E-state index contributed by atoms with van der Waals surface area (Å²) in [6, 6.07) is 6.68. The zero-order valence-electron chi connectivity index (χ0n) is 15.1. The lowest BCUT2D eigenvalue weighted by Crippen LogP contribution is -2.46. The molecule has 1 aliphatic rings. The van der Waals surface area contributed by atoms with Crippen molar-refractivity contribution >= 4 is 5.95 Å². The van der Waals surface area contributed by atoms with Crippen molar-refractivity contribution in [2.24, 2.45) is 0 Å². The summed E-state index contributed by atoms with van der Waals surface area (Å²) in [4.78, 5) is 13.1. The normalized spacial score (nSPS) is 15.1. The molecule has 0 spiro atoms. The van der Waals surface area contributed by atoms with Gasteiger partial charge in [-0.1, -0.05) is 0 Å². The van der Waals surface area contributed by atoms with Crippen LogP contribution in [-0.4, -0.2) is 58.4 Å². The second-order valence-electron chi connectivity index (χ2n) is 6.43. The Bertz CT molecular complexity index is 892. The number of aromatic amines is 1. The number of methoxy groups -OCH3 is 1. The molecule has 3 aromatic rings. The van der Waals surface area contributed by atoms with E-state index in [9.17, 15) is 4.39 Å². The number of nitrogens with zero attached hydrogens (tertiary/aromatic N) is 5. The fraction of sp³-hybridized carbons (Fsp3) is 0.316. The van der Waals surface area contributed by atoms with Crippen molar-refractivity contribution in [1.29, 1.82) is 0 Å². The third kappa shape index (κ3) is 3.75. The number of H-pyrrole nitrogens is 1. The van der Waals surface area contributed by atoms with Crippen molar-refractivity contribution in [2.45, 2.75) is 6.54 Å². The topological polar surface area (TPSA) is 70.2 Å². The molecule has 0 radical (unpaired) electrons. The fourth-order valence-corrected chi connectivity index (χ4v) is 3.29. The monoisotopic (exact) mass is 368 g/mol. The zero-order valence-corrected chi connectivity index (χ0v) is 15.1. The molecule has 0 saturated carbocycles. The van der Waals surface area contributed by atoms with Gasteiger partial charge in [-0.2, -0.15) is 5.10 Å². The first kappa shape index (κ1) is 17.4. The van der Waals surface area contributed by atoms with Gasteiger partial charge in [-0.15, -0.1) is 0 Å². The van der Waals surface area contributed by atoms with Crippen molar-refractivity contribution < 1.29 is 9.13 Å². The minimum atomic E-state index is -0.328. The number of anilines is 1. The van der Waals surface area contributed by atoms with Crippen molar-refractivity contribution in [1.82, 2.24) is 25.1 Å². The molecule has 2 aromatic heterocycles. The van der Waals surface area contributed by atoms with Crippen LogP contribution in [0.3, 0.4) is 0 Å². The largest absolute Gasteiger partial charge is 0.497 e. The first-order chi connectivity index (χ1) is 13.2. The molecule has 0 bridgehead atoms. The van der Waals surface area contributed by atoms with Crippen LogP contribution in [0.1, 0.15) is 5.56 Å². The second-order valence-corrected chi connectivity index (χ2v) is 6.43. The Labute approximate surface area is 156 Å². The molecule has 1 saturated heterocycles. The molecular formula is C19H21FN6O. The van der Waals surface area contributed by atoms with Gasteiger partial charge in [-0.3, -0.25) is 10.00 Å². The maximum absolute atomic E-state index is 14.4. The third-order valence-electron chi connectivity index (χ3n) is 4.76. The number of hydrogen-bond donors (Lipinski definition) is 1. The van der Waals surface area contributed by atoms with Gasteiger partial charge in [-0.05, 0) is 18.2 Å². The van der Waals surface area contributed by atoms with Crippen molar-refractivity contribution in [3.05, 3.63) is 54.2 Å². The minimum Gasteiger partial charge on any atom is -0.497 e. The lowest BCUT2D eigenvalue weighted by molar-refractivity contribution is 0.249. The maximum Gasteiger partial charge on any atom is 0.225 e. The summed E-state index contributed by atoms with van der Waals surface area (Å²) in [7, 11) is 1.52. The van der Waals surface area contributed by atoms with Gasteiger partial charge < -0.3 is 9.64 Å². The van der Waals surface area contributed by atoms with Crippen molar-refractivity contribution in [2.75, 3.05) is 38.2 Å². The molecule has 1 aromatic carbocycles. The van der Waals surface area contributed by atoms with E-state index in [1.54, 1.807) is 30.7 Å². The molecule has 0 atom stereocenters. The van der Waals surface area contributed by atoms with Gasteiger partial charge in [0.15, 0.2) is 0 Å². The Morgan fingerprint density at radius 1 is 1.15 bits per heavy atom. The first-order valence-electron chi connectivity index (χ1n) is 8.85. The van der Waals surface area contributed by atoms with Gasteiger partial charge in [0.2, 0.25) is 5.95 Å². The molecule has 3 heterocycles. The van der Waals surface area contributed by atoms with Gasteiger partial charge in [0.25, 0.3) is 0 Å². The molecular weight excluding hydrogens is 347 g/mol. The number of rotatable bonds is 5. The number of ether oxygens (including phenoxy) is 1. The smallest absolute Gasteiger partial charge is 0.225 e. The number of aromatic nitrogens is 4. The molecule has 0 amide bonds. The average Bonchev–Trinajstić information content (AvgIpc) is 3.17. The summed E-state index contributed by atoms with van der Waals surface area (Å²) < 4.78 is 19.5. The van der Waals surface area contributed by atoms with E-state index in [2.05, 4.69) is 30.0 Å². The van der Waals surface area contributed by atoms with E-state index >= 15 is 0 Å². The Morgan fingerprint density at radius 2 is 1.93 bits per heavy atom. The van der Waals surface area contributed by atoms with Crippen LogP contribution in [0.5, 0.6) is 5.75 Å². The van der Waals surface area contributed by atoms with Crippen molar-refractivity contribution in [3.8, 4) is 17.0 Å². The number of hydrogen-bond acceptors (Lipinski definition) is 6. The minimum absolute atomic E-state index is 0.328. The van der Waals surface area contributed by atoms with Crippen LogP contribution in [0, 0.1) is 5.82 Å². The molecule has 7 nitrogen and oxygen atoms in total. The summed E-state index contributed by atoms with van der Waals surface area (Å²) in [5.41, 5.74) is 2.19. The average molecular weight is 368 g/mol. The Balaban J connectivity index is 1.44. The highest BCUT2D eigenvalue weighted by Gasteiger charge is 2.21. The highest BCUT2D eigenvalue weighted by atomic mass is 19.1. The number of piperazine rings is 1. The Kier molecular flexibility index (Phi) is 4.97. The van der Waals surface area contributed by atoms with Crippen LogP contribution in [0.2, 0.25) is 0 Å². The highest BCUT2D eigenvalue weighted by Crippen LogP contribution is 2.28. The number of benzene rings is 1. The first-order valence-corrected chi connectivity index (χ1v) is 8.85. The number of nitrogens with one attached hydrogen (secondary N) is 1. The van der Waals surface area contributed by atoms with E-state index in [1.807, 2.05) is 6.07 Å². The van der Waals surface area contributed by atoms with E-state index < -0.39 is 0 Å². The van der Waals surface area contributed by atoms with Crippen LogP contribution in [-0.2, 0) is 6.54 Å². The van der Waals surface area contributed by atoms with Gasteiger partial charge >= 0.3 is 0 Å². The molecule has 0 aliphatic carbocycles. The molecule has 140 valence electrons. The maximum atomic E-state index is 14.4. The molecule has 1 aliphatic heterocycles. The van der Waals surface area contributed by atoms with Gasteiger partial charge in [0, 0.05) is 62.3 Å². The quantitative estimate of drug-likeness (QED) is 0.745. The predicted octanol–water partition coefficient (Wildman–Crippen LogP) is 2.34. The van der Waals surface area contributed by atoms with E-state index in [-0.39, 0.29) is 5.82 Å². The second kappa shape index (κ2) is 7.71. The molecule has 0 unspecified atom stereocenters. The SMILES string of the molecule is COc1ccc(-c2[nH]ncc2CN2CCN(c3ncccn3)CC2)c(F)c1. The van der Waals surface area contributed by atoms with Crippen LogP contribution < -0.4 is 9.64 Å². The fourth-order valence-electron chi connectivity index (χ4n) is 3.29. The molecule has 1 N–H and O–H groups in total. The lowest BCUT2D eigenvalue weighted by atomic mass is 10.1. The molecule has 1 fully saturated rings. The highest BCUT2D eigenvalue weighted by molar-refractivity contribution is 5.64. The third-order valence-corrected chi connectivity index (χ3v) is 4.76. The van der Waals surface area contributed by atoms with Gasteiger partial charge in [0.05, 0.1) is 19.0 Å².